The molecule has 0 aromatic carbocycles. The van der Waals surface area contributed by atoms with Crippen molar-refractivity contribution in [2.45, 2.75) is 92.2 Å². The molecule has 41 heavy (non-hydrogen) atoms. The molecule has 1 amide bonds. The van der Waals surface area contributed by atoms with Crippen LogP contribution in [0, 0.1) is 29.1 Å². The number of aromatic carboxylic acids is 1. The van der Waals surface area contributed by atoms with Gasteiger partial charge in [0.1, 0.15) is 4.88 Å². The highest BCUT2D eigenvalue weighted by Gasteiger charge is 2.34. The van der Waals surface area contributed by atoms with Crippen molar-refractivity contribution in [1.29, 1.82) is 0 Å². The Hall–Kier alpha value is -2.89. The van der Waals surface area contributed by atoms with Gasteiger partial charge in [-0.2, -0.15) is 0 Å². The highest BCUT2D eigenvalue weighted by Crippen LogP contribution is 2.36. The standard InChI is InChI=1S/C33H45N3O4S/c1-23-8-10-26(11-9-23)31(37)36(28-21-27(12-15-33(3,4)5)41-30(28)32(38)39)24(2)14-19-40-29-20-25(13-16-34-29)22-35-17-6-7-18-35/h13,16,20-21,23-24,26H,6-11,14,17-19,22H2,1-5H3,(H,38,39)/t23-,24-,26-/m0/s1. The lowest BCUT2D eigenvalue weighted by Gasteiger charge is -2.34. The Bertz CT molecular complexity index is 1260. The van der Waals surface area contributed by atoms with Gasteiger partial charge in [0.15, 0.2) is 0 Å². The summed E-state index contributed by atoms with van der Waals surface area (Å²) in [6.07, 6.45) is 8.52. The molecule has 1 saturated carbocycles. The van der Waals surface area contributed by atoms with Gasteiger partial charge in [0.2, 0.25) is 11.8 Å². The van der Waals surface area contributed by atoms with Crippen LogP contribution in [0.4, 0.5) is 5.69 Å². The summed E-state index contributed by atoms with van der Waals surface area (Å²) < 4.78 is 6.06. The molecule has 222 valence electrons. The number of aromatic nitrogens is 1. The van der Waals surface area contributed by atoms with E-state index in [9.17, 15) is 14.7 Å². The van der Waals surface area contributed by atoms with Crippen LogP contribution in [0.1, 0.15) is 99.7 Å². The molecular weight excluding hydrogens is 534 g/mol. The van der Waals surface area contributed by atoms with Gasteiger partial charge in [-0.3, -0.25) is 9.69 Å². The number of anilines is 1. The normalized spacial score (nSPS) is 20.2. The maximum atomic E-state index is 14.0. The monoisotopic (exact) mass is 579 g/mol. The first kappa shape index (κ1) is 31.1. The average molecular weight is 580 g/mol. The van der Waals surface area contributed by atoms with Crippen molar-refractivity contribution in [3.8, 4) is 17.7 Å². The predicted octanol–water partition coefficient (Wildman–Crippen LogP) is 6.85. The fraction of sp³-hybridized carbons (Fsp3) is 0.606. The summed E-state index contributed by atoms with van der Waals surface area (Å²) in [5.41, 5.74) is 1.41. The van der Waals surface area contributed by atoms with Crippen LogP contribution < -0.4 is 9.64 Å². The molecule has 1 aliphatic heterocycles. The molecule has 3 heterocycles. The van der Waals surface area contributed by atoms with E-state index in [1.54, 1.807) is 17.2 Å². The predicted molar refractivity (Wildman–Crippen MR) is 165 cm³/mol. The Labute approximate surface area is 249 Å². The van der Waals surface area contributed by atoms with Gasteiger partial charge >= 0.3 is 5.97 Å². The minimum Gasteiger partial charge on any atom is -0.478 e. The molecule has 1 aliphatic carbocycles. The molecule has 2 aliphatic rings. The number of hydrogen-bond acceptors (Lipinski definition) is 6. The van der Waals surface area contributed by atoms with Gasteiger partial charge in [-0.15, -0.1) is 11.3 Å². The number of amides is 1. The highest BCUT2D eigenvalue weighted by molar-refractivity contribution is 7.15. The maximum Gasteiger partial charge on any atom is 0.348 e. The number of nitrogens with zero attached hydrogens (tertiary/aromatic N) is 3. The van der Waals surface area contributed by atoms with Gasteiger partial charge in [0, 0.05) is 42.6 Å². The lowest BCUT2D eigenvalue weighted by molar-refractivity contribution is -0.124. The molecule has 4 rings (SSSR count). The Morgan fingerprint density at radius 3 is 2.56 bits per heavy atom. The van der Waals surface area contributed by atoms with Crippen LogP contribution in [0.3, 0.4) is 0 Å². The van der Waals surface area contributed by atoms with E-state index >= 15 is 0 Å². The fourth-order valence-electron chi connectivity index (χ4n) is 5.59. The summed E-state index contributed by atoms with van der Waals surface area (Å²) in [6, 6.07) is 5.56. The number of pyridine rings is 1. The molecule has 0 unspecified atom stereocenters. The van der Waals surface area contributed by atoms with Crippen molar-refractivity contribution in [3.05, 3.63) is 39.7 Å². The van der Waals surface area contributed by atoms with Crippen LogP contribution in [0.2, 0.25) is 0 Å². The van der Waals surface area contributed by atoms with E-state index in [4.69, 9.17) is 4.74 Å². The molecule has 7 nitrogen and oxygen atoms in total. The van der Waals surface area contributed by atoms with Crippen LogP contribution in [-0.4, -0.2) is 52.6 Å². The third-order valence-corrected chi connectivity index (χ3v) is 8.99. The summed E-state index contributed by atoms with van der Waals surface area (Å²) in [5, 5.41) is 10.1. The molecule has 1 saturated heterocycles. The van der Waals surface area contributed by atoms with Crippen molar-refractivity contribution in [2.24, 2.45) is 17.3 Å². The van der Waals surface area contributed by atoms with Gasteiger partial charge < -0.3 is 14.7 Å². The van der Waals surface area contributed by atoms with Crippen LogP contribution >= 0.6 is 11.3 Å². The van der Waals surface area contributed by atoms with Crippen molar-refractivity contribution in [3.63, 3.8) is 0 Å². The molecule has 0 bridgehead atoms. The van der Waals surface area contributed by atoms with Crippen molar-refractivity contribution in [1.82, 2.24) is 9.88 Å². The fourth-order valence-corrected chi connectivity index (χ4v) is 6.43. The molecule has 2 aromatic rings. The second-order valence-corrected chi connectivity index (χ2v) is 13.8. The zero-order valence-corrected chi connectivity index (χ0v) is 26.1. The van der Waals surface area contributed by atoms with E-state index in [0.29, 0.717) is 35.4 Å². The molecule has 2 aromatic heterocycles. The van der Waals surface area contributed by atoms with Gasteiger partial charge in [-0.1, -0.05) is 18.8 Å². The van der Waals surface area contributed by atoms with Crippen molar-refractivity contribution >= 4 is 28.9 Å². The lowest BCUT2D eigenvalue weighted by Crippen LogP contribution is -2.44. The Kier molecular flexibility index (Phi) is 10.5. The van der Waals surface area contributed by atoms with Crippen LogP contribution in [0.5, 0.6) is 5.88 Å². The Morgan fingerprint density at radius 2 is 1.90 bits per heavy atom. The minimum atomic E-state index is -1.04. The van der Waals surface area contributed by atoms with Crippen LogP contribution in [-0.2, 0) is 11.3 Å². The Morgan fingerprint density at radius 1 is 1.20 bits per heavy atom. The molecule has 8 heteroatoms. The highest BCUT2D eigenvalue weighted by atomic mass is 32.1. The smallest absolute Gasteiger partial charge is 0.348 e. The number of likely N-dealkylation sites (tertiary alicyclic amines) is 1. The first-order valence-electron chi connectivity index (χ1n) is 15.0. The van der Waals surface area contributed by atoms with E-state index in [2.05, 4.69) is 28.6 Å². The summed E-state index contributed by atoms with van der Waals surface area (Å²) in [5.74, 6) is 6.40. The van der Waals surface area contributed by atoms with Gasteiger partial charge in [0.05, 0.1) is 17.2 Å². The number of carbonyl (C=O) groups is 2. The number of ether oxygens (including phenoxy) is 1. The van der Waals surface area contributed by atoms with E-state index in [0.717, 1.165) is 56.7 Å². The molecule has 1 atom stereocenters. The third kappa shape index (κ3) is 8.80. The van der Waals surface area contributed by atoms with Gasteiger partial charge in [-0.25, -0.2) is 9.78 Å². The zero-order valence-electron chi connectivity index (χ0n) is 25.2. The van der Waals surface area contributed by atoms with Gasteiger partial charge in [-0.05, 0) is 103 Å². The minimum absolute atomic E-state index is 0.00534. The van der Waals surface area contributed by atoms with Crippen LogP contribution in [0.25, 0.3) is 0 Å². The number of carbonyl (C=O) groups excluding carboxylic acids is 1. The summed E-state index contributed by atoms with van der Waals surface area (Å²) in [6.45, 7) is 13.8. The van der Waals surface area contributed by atoms with Crippen molar-refractivity contribution in [2.75, 3.05) is 24.6 Å². The van der Waals surface area contributed by atoms with E-state index in [-0.39, 0.29) is 28.2 Å². The number of rotatable bonds is 10. The molecule has 0 radical (unpaired) electrons. The number of hydrogen-bond donors (Lipinski definition) is 1. The number of carboxylic acids is 1. The number of carboxylic acid groups (broad SMARTS) is 1. The summed E-state index contributed by atoms with van der Waals surface area (Å²) in [7, 11) is 0. The first-order chi connectivity index (χ1) is 19.5. The van der Waals surface area contributed by atoms with Crippen molar-refractivity contribution < 1.29 is 19.4 Å². The van der Waals surface area contributed by atoms with Gasteiger partial charge in [0.25, 0.3) is 0 Å². The molecule has 2 fully saturated rings. The van der Waals surface area contributed by atoms with E-state index < -0.39 is 5.97 Å². The zero-order chi connectivity index (χ0) is 29.6. The SMILES string of the molecule is C[C@@H](CCOc1cc(CN2CCCC2)ccn1)N(c1cc(C#CC(C)(C)C)sc1C(=O)O)C(=O)[C@H]1CC[C@H](C)CC1. The third-order valence-electron chi connectivity index (χ3n) is 7.96. The number of thiophene rings is 1. The van der Waals surface area contributed by atoms with E-state index in [1.807, 2.05) is 39.8 Å². The second kappa shape index (κ2) is 13.8. The topological polar surface area (TPSA) is 83.0 Å². The van der Waals surface area contributed by atoms with E-state index in [1.165, 1.54) is 18.4 Å². The molecule has 0 spiro atoms. The first-order valence-corrected chi connectivity index (χ1v) is 15.9. The average Bonchev–Trinajstić information content (AvgIpc) is 3.58. The van der Waals surface area contributed by atoms with Crippen LogP contribution in [0.15, 0.2) is 24.4 Å². The summed E-state index contributed by atoms with van der Waals surface area (Å²) >= 11 is 1.14. The summed E-state index contributed by atoms with van der Waals surface area (Å²) in [4.78, 5) is 35.8. The molecular formula is C33H45N3O4S. The lowest BCUT2D eigenvalue weighted by atomic mass is 9.82. The Balaban J connectivity index is 1.53. The quantitative estimate of drug-likeness (QED) is 0.310. The second-order valence-electron chi connectivity index (χ2n) is 12.8. The molecule has 1 N–H and O–H groups in total. The maximum absolute atomic E-state index is 14.0. The largest absolute Gasteiger partial charge is 0.478 e.